The van der Waals surface area contributed by atoms with E-state index < -0.39 is 0 Å². The molecule has 0 aliphatic heterocycles. The average molecular weight is 327 g/mol. The molecule has 0 N–H and O–H groups in total. The largest absolute Gasteiger partial charge is 0.303 e. The van der Waals surface area contributed by atoms with Gasteiger partial charge < -0.3 is 9.30 Å². The van der Waals surface area contributed by atoms with Crippen LogP contribution >= 0.6 is 0 Å². The molecule has 0 aliphatic carbocycles. The number of pyridine rings is 1. The molecule has 0 unspecified atom stereocenters. The van der Waals surface area contributed by atoms with Crippen molar-refractivity contribution in [1.29, 1.82) is 5.26 Å². The van der Waals surface area contributed by atoms with Crippen LogP contribution < -0.4 is 0 Å². The lowest BCUT2D eigenvalue weighted by molar-refractivity contribution is 0.190. The van der Waals surface area contributed by atoms with Crippen molar-refractivity contribution in [3.05, 3.63) is 35.8 Å². The van der Waals surface area contributed by atoms with E-state index in [0.29, 0.717) is 11.5 Å². The average Bonchev–Trinajstić information content (AvgIpc) is 2.97. The molecule has 0 radical (unpaired) electrons. The summed E-state index contributed by atoms with van der Waals surface area (Å²) in [6.45, 7) is 15.2. The molecule has 130 valence electrons. The van der Waals surface area contributed by atoms with Gasteiger partial charge in [-0.3, -0.25) is 4.90 Å². The number of fused-ring (bicyclic) bond motifs is 1. The maximum Gasteiger partial charge on any atom is 0.137 e. The van der Waals surface area contributed by atoms with Crippen LogP contribution in [0.3, 0.4) is 0 Å². The SMILES string of the molecule is CCN(CC)CCN(Cc1cnc2ccc(C#N)cn12)CC(C)C. The van der Waals surface area contributed by atoms with Crippen molar-refractivity contribution in [2.75, 3.05) is 32.7 Å². The van der Waals surface area contributed by atoms with Crippen LogP contribution in [0.2, 0.25) is 0 Å². The lowest BCUT2D eigenvalue weighted by atomic mass is 10.2. The van der Waals surface area contributed by atoms with Crippen molar-refractivity contribution in [2.45, 2.75) is 34.2 Å². The summed E-state index contributed by atoms with van der Waals surface area (Å²) in [7, 11) is 0. The summed E-state index contributed by atoms with van der Waals surface area (Å²) in [4.78, 5) is 9.42. The van der Waals surface area contributed by atoms with Crippen LogP contribution in [0.25, 0.3) is 5.65 Å². The van der Waals surface area contributed by atoms with Crippen LogP contribution in [-0.2, 0) is 6.54 Å². The number of hydrogen-bond acceptors (Lipinski definition) is 4. The van der Waals surface area contributed by atoms with Gasteiger partial charge in [0.1, 0.15) is 11.7 Å². The Labute approximate surface area is 145 Å². The molecular weight excluding hydrogens is 298 g/mol. The third-order valence-corrected chi connectivity index (χ3v) is 4.35. The van der Waals surface area contributed by atoms with Crippen LogP contribution in [-0.4, -0.2) is 51.9 Å². The zero-order valence-electron chi connectivity index (χ0n) is 15.4. The van der Waals surface area contributed by atoms with Crippen molar-refractivity contribution >= 4 is 5.65 Å². The minimum absolute atomic E-state index is 0.621. The molecule has 0 saturated carbocycles. The minimum Gasteiger partial charge on any atom is -0.303 e. The number of rotatable bonds is 9. The minimum atomic E-state index is 0.621. The Morgan fingerprint density at radius 2 is 1.88 bits per heavy atom. The zero-order valence-corrected chi connectivity index (χ0v) is 15.4. The maximum atomic E-state index is 9.13. The predicted molar refractivity (Wildman–Crippen MR) is 97.8 cm³/mol. The van der Waals surface area contributed by atoms with E-state index in [1.165, 1.54) is 0 Å². The highest BCUT2D eigenvalue weighted by atomic mass is 15.2. The predicted octanol–water partition coefficient (Wildman–Crippen LogP) is 3.01. The maximum absolute atomic E-state index is 9.13. The number of likely N-dealkylation sites (N-methyl/N-ethyl adjacent to an activating group) is 1. The topological polar surface area (TPSA) is 47.6 Å². The first kappa shape index (κ1) is 18.4. The molecule has 0 atom stereocenters. The molecule has 5 heteroatoms. The van der Waals surface area contributed by atoms with E-state index in [-0.39, 0.29) is 0 Å². The van der Waals surface area contributed by atoms with Crippen LogP contribution in [0.4, 0.5) is 0 Å². The molecule has 0 saturated heterocycles. The van der Waals surface area contributed by atoms with Gasteiger partial charge in [-0.05, 0) is 31.1 Å². The van der Waals surface area contributed by atoms with Crippen molar-refractivity contribution in [2.24, 2.45) is 5.92 Å². The summed E-state index contributed by atoms with van der Waals surface area (Å²) in [6, 6.07) is 5.93. The summed E-state index contributed by atoms with van der Waals surface area (Å²) >= 11 is 0. The summed E-state index contributed by atoms with van der Waals surface area (Å²) < 4.78 is 2.04. The standard InChI is InChI=1S/C19H29N5/c1-5-22(6-2)9-10-23(13-16(3)4)15-18-12-21-19-8-7-17(11-20)14-24(18)19/h7-8,12,14,16H,5-6,9-10,13,15H2,1-4H3. The second-order valence-electron chi connectivity index (χ2n) is 6.66. The number of nitrogens with zero attached hydrogens (tertiary/aromatic N) is 5. The van der Waals surface area contributed by atoms with E-state index in [0.717, 1.165) is 50.6 Å². The fraction of sp³-hybridized carbons (Fsp3) is 0.579. The van der Waals surface area contributed by atoms with E-state index in [2.05, 4.69) is 48.5 Å². The summed E-state index contributed by atoms with van der Waals surface area (Å²) in [5.74, 6) is 0.621. The molecule has 2 aromatic heterocycles. The number of imidazole rings is 1. The Morgan fingerprint density at radius 3 is 2.50 bits per heavy atom. The van der Waals surface area contributed by atoms with Gasteiger partial charge in [0.05, 0.1) is 17.5 Å². The van der Waals surface area contributed by atoms with Crippen molar-refractivity contribution < 1.29 is 0 Å². The highest BCUT2D eigenvalue weighted by Gasteiger charge is 2.13. The summed E-state index contributed by atoms with van der Waals surface area (Å²) in [6.07, 6.45) is 3.82. The molecule has 0 aromatic carbocycles. The third-order valence-electron chi connectivity index (χ3n) is 4.35. The third kappa shape index (κ3) is 4.80. The van der Waals surface area contributed by atoms with Crippen LogP contribution in [0, 0.1) is 17.2 Å². The Morgan fingerprint density at radius 1 is 1.17 bits per heavy atom. The van der Waals surface area contributed by atoms with Gasteiger partial charge in [-0.2, -0.15) is 5.26 Å². The molecule has 0 spiro atoms. The summed E-state index contributed by atoms with van der Waals surface area (Å²) in [5, 5.41) is 9.13. The fourth-order valence-electron chi connectivity index (χ4n) is 3.02. The van der Waals surface area contributed by atoms with Crippen molar-refractivity contribution in [3.8, 4) is 6.07 Å². The number of aromatic nitrogens is 2. The highest BCUT2D eigenvalue weighted by Crippen LogP contribution is 2.12. The van der Waals surface area contributed by atoms with Gasteiger partial charge in [0.25, 0.3) is 0 Å². The molecule has 2 heterocycles. The van der Waals surface area contributed by atoms with E-state index in [1.807, 2.05) is 28.9 Å². The quantitative estimate of drug-likeness (QED) is 0.710. The van der Waals surface area contributed by atoms with Crippen molar-refractivity contribution in [3.63, 3.8) is 0 Å². The Bertz CT molecular complexity index is 679. The Hall–Kier alpha value is -1.90. The molecule has 0 amide bonds. The van der Waals surface area contributed by atoms with Gasteiger partial charge in [0.15, 0.2) is 0 Å². The second kappa shape index (κ2) is 8.81. The van der Waals surface area contributed by atoms with Gasteiger partial charge in [0.2, 0.25) is 0 Å². The monoisotopic (exact) mass is 327 g/mol. The van der Waals surface area contributed by atoms with Gasteiger partial charge in [0, 0.05) is 32.4 Å². The van der Waals surface area contributed by atoms with Gasteiger partial charge in [-0.1, -0.05) is 27.7 Å². The molecule has 0 fully saturated rings. The van der Waals surface area contributed by atoms with Crippen LogP contribution in [0.15, 0.2) is 24.5 Å². The normalized spacial score (nSPS) is 11.8. The lowest BCUT2D eigenvalue weighted by Gasteiger charge is -2.27. The summed E-state index contributed by atoms with van der Waals surface area (Å²) in [5.41, 5.74) is 2.71. The number of hydrogen-bond donors (Lipinski definition) is 0. The Kier molecular flexibility index (Phi) is 6.77. The highest BCUT2D eigenvalue weighted by molar-refractivity contribution is 5.44. The first-order chi connectivity index (χ1) is 11.6. The molecule has 0 bridgehead atoms. The van der Waals surface area contributed by atoms with E-state index in [4.69, 9.17) is 5.26 Å². The molecule has 0 aliphatic rings. The first-order valence-electron chi connectivity index (χ1n) is 8.88. The van der Waals surface area contributed by atoms with Gasteiger partial charge in [-0.25, -0.2) is 4.98 Å². The smallest absolute Gasteiger partial charge is 0.137 e. The van der Waals surface area contributed by atoms with E-state index in [9.17, 15) is 0 Å². The fourth-order valence-corrected chi connectivity index (χ4v) is 3.02. The molecule has 2 rings (SSSR count). The Balaban J connectivity index is 2.15. The molecular formula is C19H29N5. The second-order valence-corrected chi connectivity index (χ2v) is 6.66. The lowest BCUT2D eigenvalue weighted by Crippen LogP contribution is -2.36. The van der Waals surface area contributed by atoms with Crippen LogP contribution in [0.1, 0.15) is 39.0 Å². The van der Waals surface area contributed by atoms with Crippen molar-refractivity contribution in [1.82, 2.24) is 19.2 Å². The zero-order chi connectivity index (χ0) is 17.5. The van der Waals surface area contributed by atoms with E-state index >= 15 is 0 Å². The van der Waals surface area contributed by atoms with Gasteiger partial charge >= 0.3 is 0 Å². The molecule has 5 nitrogen and oxygen atoms in total. The molecule has 2 aromatic rings. The van der Waals surface area contributed by atoms with Crippen LogP contribution in [0.5, 0.6) is 0 Å². The molecule has 24 heavy (non-hydrogen) atoms. The first-order valence-corrected chi connectivity index (χ1v) is 8.88. The number of nitriles is 1. The van der Waals surface area contributed by atoms with E-state index in [1.54, 1.807) is 0 Å². The van der Waals surface area contributed by atoms with Gasteiger partial charge in [-0.15, -0.1) is 0 Å².